The summed E-state index contributed by atoms with van der Waals surface area (Å²) in [6, 6.07) is 3.07. The number of amides is 1. The van der Waals surface area contributed by atoms with Gasteiger partial charge >= 0.3 is 5.97 Å². The topological polar surface area (TPSA) is 105 Å². The number of halogens is 1. The fourth-order valence-corrected chi connectivity index (χ4v) is 4.04. The average molecular weight is 467 g/mol. The normalized spacial score (nSPS) is 18.8. The van der Waals surface area contributed by atoms with Gasteiger partial charge in [-0.15, -0.1) is 5.10 Å². The van der Waals surface area contributed by atoms with E-state index in [1.54, 1.807) is 23.0 Å². The van der Waals surface area contributed by atoms with Gasteiger partial charge in [0.1, 0.15) is 16.0 Å². The summed E-state index contributed by atoms with van der Waals surface area (Å²) in [5, 5.41) is 11.0. The number of hydrogen-bond donors (Lipinski definition) is 1. The van der Waals surface area contributed by atoms with Crippen LogP contribution in [0.2, 0.25) is 0 Å². The van der Waals surface area contributed by atoms with Gasteiger partial charge in [0.15, 0.2) is 5.69 Å². The Kier molecular flexibility index (Phi) is 6.73. The Hall–Kier alpha value is -2.62. The lowest BCUT2D eigenvalue weighted by Crippen LogP contribution is -2.43. The molecule has 0 spiro atoms. The van der Waals surface area contributed by atoms with Crippen LogP contribution in [0, 0.1) is 0 Å². The van der Waals surface area contributed by atoms with Crippen LogP contribution in [0.4, 0.5) is 0 Å². The summed E-state index contributed by atoms with van der Waals surface area (Å²) in [5.41, 5.74) is 0.575. The molecule has 0 radical (unpaired) electrons. The maximum Gasteiger partial charge on any atom is 0.360 e. The number of rotatable bonds is 6. The van der Waals surface area contributed by atoms with Crippen LogP contribution in [0.25, 0.3) is 0 Å². The monoisotopic (exact) mass is 466 g/mol. The Labute approximate surface area is 176 Å². The molecule has 3 rings (SSSR count). The summed E-state index contributed by atoms with van der Waals surface area (Å²) < 4.78 is 17.6. The van der Waals surface area contributed by atoms with Gasteiger partial charge in [-0.3, -0.25) is 4.79 Å². The standard InChI is InChI=1S/C19H23BrN4O5/c1-27-15-8-11(9-16(28-2)17(15)20)18(25)21-12-6-4-5-7-14(12)24-10-13(22-23-24)19(26)29-3/h8-10,12,14H,4-7H2,1-3H3,(H,21,25)/t12-,14+/m1/s1. The first kappa shape index (κ1) is 21.1. The van der Waals surface area contributed by atoms with Gasteiger partial charge in [-0.2, -0.15) is 0 Å². The van der Waals surface area contributed by atoms with E-state index in [4.69, 9.17) is 9.47 Å². The number of esters is 1. The lowest BCUT2D eigenvalue weighted by atomic mass is 9.90. The molecule has 0 saturated heterocycles. The first-order valence-electron chi connectivity index (χ1n) is 9.21. The molecule has 1 heterocycles. The van der Waals surface area contributed by atoms with Gasteiger partial charge in [-0.1, -0.05) is 18.1 Å². The number of methoxy groups -OCH3 is 3. The summed E-state index contributed by atoms with van der Waals surface area (Å²) in [6.07, 6.45) is 5.18. The van der Waals surface area contributed by atoms with Crippen molar-refractivity contribution >= 4 is 27.8 Å². The van der Waals surface area contributed by atoms with Gasteiger partial charge in [0.25, 0.3) is 5.91 Å². The van der Waals surface area contributed by atoms with E-state index < -0.39 is 5.97 Å². The quantitative estimate of drug-likeness (QED) is 0.652. The molecule has 2 atom stereocenters. The summed E-state index contributed by atoms with van der Waals surface area (Å²) in [4.78, 5) is 24.6. The van der Waals surface area contributed by atoms with Crippen molar-refractivity contribution in [3.8, 4) is 11.5 Å². The van der Waals surface area contributed by atoms with Crippen molar-refractivity contribution in [3.05, 3.63) is 34.1 Å². The van der Waals surface area contributed by atoms with Crippen molar-refractivity contribution < 1.29 is 23.8 Å². The lowest BCUT2D eigenvalue weighted by Gasteiger charge is -2.32. The SMILES string of the molecule is COC(=O)c1cn([C@H]2CCCC[C@H]2NC(=O)c2cc(OC)c(Br)c(OC)c2)nn1. The Morgan fingerprint density at radius 1 is 1.14 bits per heavy atom. The molecule has 1 aromatic heterocycles. The molecule has 9 nitrogen and oxygen atoms in total. The Morgan fingerprint density at radius 2 is 1.79 bits per heavy atom. The van der Waals surface area contributed by atoms with Gasteiger partial charge in [0.2, 0.25) is 0 Å². The second-order valence-corrected chi connectivity index (χ2v) is 7.49. The molecule has 1 saturated carbocycles. The molecule has 0 unspecified atom stereocenters. The number of nitrogens with zero attached hydrogens (tertiary/aromatic N) is 3. The minimum atomic E-state index is -0.540. The number of carbonyl (C=O) groups excluding carboxylic acids is 2. The van der Waals surface area contributed by atoms with Gasteiger partial charge in [0, 0.05) is 5.56 Å². The first-order chi connectivity index (χ1) is 14.0. The maximum absolute atomic E-state index is 12.9. The van der Waals surface area contributed by atoms with Crippen LogP contribution in [0.1, 0.15) is 52.6 Å². The highest BCUT2D eigenvalue weighted by Crippen LogP contribution is 2.36. The highest BCUT2D eigenvalue weighted by Gasteiger charge is 2.30. The minimum Gasteiger partial charge on any atom is -0.495 e. The summed E-state index contributed by atoms with van der Waals surface area (Å²) >= 11 is 3.41. The third kappa shape index (κ3) is 4.52. The predicted octanol–water partition coefficient (Wildman–Crippen LogP) is 2.76. The molecule has 1 N–H and O–H groups in total. The van der Waals surface area contributed by atoms with E-state index in [9.17, 15) is 9.59 Å². The van der Waals surface area contributed by atoms with Crippen LogP contribution in [-0.4, -0.2) is 54.2 Å². The minimum absolute atomic E-state index is 0.0992. The van der Waals surface area contributed by atoms with E-state index in [0.29, 0.717) is 21.5 Å². The Bertz CT molecular complexity index is 875. The third-order valence-corrected chi connectivity index (χ3v) is 5.78. The zero-order valence-electron chi connectivity index (χ0n) is 16.5. The second-order valence-electron chi connectivity index (χ2n) is 6.70. The van der Waals surface area contributed by atoms with Crippen molar-refractivity contribution in [3.63, 3.8) is 0 Å². The molecular weight excluding hydrogens is 444 g/mol. The van der Waals surface area contributed by atoms with Gasteiger partial charge in [0.05, 0.1) is 39.6 Å². The molecule has 29 heavy (non-hydrogen) atoms. The van der Waals surface area contributed by atoms with Crippen molar-refractivity contribution in [2.45, 2.75) is 37.8 Å². The Morgan fingerprint density at radius 3 is 2.41 bits per heavy atom. The van der Waals surface area contributed by atoms with Crippen molar-refractivity contribution in [2.24, 2.45) is 0 Å². The summed E-state index contributed by atoms with van der Waals surface area (Å²) in [7, 11) is 4.36. The molecule has 1 aromatic carbocycles. The van der Waals surface area contributed by atoms with E-state index >= 15 is 0 Å². The van der Waals surface area contributed by atoms with Crippen LogP contribution in [-0.2, 0) is 4.74 Å². The number of ether oxygens (including phenoxy) is 3. The number of nitrogens with one attached hydrogen (secondary N) is 1. The molecule has 2 aromatic rings. The first-order valence-corrected chi connectivity index (χ1v) is 10.00. The number of aromatic nitrogens is 3. The largest absolute Gasteiger partial charge is 0.495 e. The molecule has 156 valence electrons. The number of hydrogen-bond acceptors (Lipinski definition) is 7. The molecule has 0 aliphatic heterocycles. The van der Waals surface area contributed by atoms with E-state index in [-0.39, 0.29) is 23.7 Å². The third-order valence-electron chi connectivity index (χ3n) is 5.00. The van der Waals surface area contributed by atoms with Crippen LogP contribution in [0.5, 0.6) is 11.5 Å². The molecule has 1 aliphatic rings. The lowest BCUT2D eigenvalue weighted by molar-refractivity contribution is 0.0593. The number of benzene rings is 1. The van der Waals surface area contributed by atoms with Crippen LogP contribution in [0.15, 0.2) is 22.8 Å². The van der Waals surface area contributed by atoms with E-state index in [1.807, 2.05) is 0 Å². The number of carbonyl (C=O) groups is 2. The highest BCUT2D eigenvalue weighted by molar-refractivity contribution is 9.10. The summed E-state index contributed by atoms with van der Waals surface area (Å²) in [5.74, 6) is 0.239. The molecule has 0 bridgehead atoms. The maximum atomic E-state index is 12.9. The van der Waals surface area contributed by atoms with Crippen molar-refractivity contribution in [2.75, 3.05) is 21.3 Å². The molecule has 1 fully saturated rings. The highest BCUT2D eigenvalue weighted by atomic mass is 79.9. The molecule has 1 aliphatic carbocycles. The average Bonchev–Trinajstić information content (AvgIpc) is 3.23. The van der Waals surface area contributed by atoms with E-state index in [2.05, 4.69) is 36.3 Å². The fourth-order valence-electron chi connectivity index (χ4n) is 3.49. The zero-order valence-corrected chi connectivity index (χ0v) is 18.1. The van der Waals surface area contributed by atoms with Crippen molar-refractivity contribution in [1.29, 1.82) is 0 Å². The molecular formula is C19H23BrN4O5. The van der Waals surface area contributed by atoms with E-state index in [0.717, 1.165) is 25.7 Å². The second kappa shape index (κ2) is 9.25. The Balaban J connectivity index is 1.81. The van der Waals surface area contributed by atoms with Crippen LogP contribution in [0.3, 0.4) is 0 Å². The van der Waals surface area contributed by atoms with Gasteiger partial charge in [-0.05, 0) is 40.9 Å². The van der Waals surface area contributed by atoms with Crippen LogP contribution >= 0.6 is 15.9 Å². The van der Waals surface area contributed by atoms with E-state index in [1.165, 1.54) is 21.3 Å². The molecule has 10 heteroatoms. The molecule has 1 amide bonds. The van der Waals surface area contributed by atoms with Crippen molar-refractivity contribution in [1.82, 2.24) is 20.3 Å². The summed E-state index contributed by atoms with van der Waals surface area (Å²) in [6.45, 7) is 0. The smallest absolute Gasteiger partial charge is 0.360 e. The zero-order chi connectivity index (χ0) is 21.0. The predicted molar refractivity (Wildman–Crippen MR) is 107 cm³/mol. The van der Waals surface area contributed by atoms with Gasteiger partial charge in [-0.25, -0.2) is 9.48 Å². The van der Waals surface area contributed by atoms with Crippen LogP contribution < -0.4 is 14.8 Å². The van der Waals surface area contributed by atoms with Gasteiger partial charge < -0.3 is 19.5 Å². The fraction of sp³-hybridized carbons (Fsp3) is 0.474.